The molecule has 1 saturated carbocycles. The van der Waals surface area contributed by atoms with Crippen molar-refractivity contribution in [3.05, 3.63) is 0 Å². The second kappa shape index (κ2) is 12.1. The van der Waals surface area contributed by atoms with Gasteiger partial charge in [0, 0.05) is 15.2 Å². The Morgan fingerprint density at radius 2 is 1.76 bits per heavy atom. The summed E-state index contributed by atoms with van der Waals surface area (Å²) in [6.07, 6.45) is 10.5. The summed E-state index contributed by atoms with van der Waals surface area (Å²) >= 11 is 0. The minimum absolute atomic E-state index is 0. The molecule has 0 saturated heterocycles. The molecule has 0 spiro atoms. The van der Waals surface area contributed by atoms with Gasteiger partial charge in [0.15, 0.2) is 0 Å². The van der Waals surface area contributed by atoms with E-state index < -0.39 is 0 Å². The SMILES string of the molecule is CCCC.CNCCCCC(=O)C1CCCC1.[HH].[HH]. The summed E-state index contributed by atoms with van der Waals surface area (Å²) in [7, 11) is 1.96. The largest absolute Gasteiger partial charge is 0.320 e. The first-order valence-corrected chi connectivity index (χ1v) is 7.43. The number of rotatable bonds is 7. The molecule has 0 heterocycles. The van der Waals surface area contributed by atoms with Crippen LogP contribution in [0.2, 0.25) is 0 Å². The molecular formula is C15H35NO. The molecular weight excluding hydrogens is 210 g/mol. The predicted molar refractivity (Wildman–Crippen MR) is 79.6 cm³/mol. The van der Waals surface area contributed by atoms with Crippen LogP contribution in [0.3, 0.4) is 0 Å². The van der Waals surface area contributed by atoms with E-state index in [1.54, 1.807) is 0 Å². The van der Waals surface area contributed by atoms with Crippen molar-refractivity contribution in [2.24, 2.45) is 5.92 Å². The number of unbranched alkanes of at least 4 members (excludes halogenated alkanes) is 2. The van der Waals surface area contributed by atoms with Gasteiger partial charge >= 0.3 is 0 Å². The van der Waals surface area contributed by atoms with Crippen LogP contribution >= 0.6 is 0 Å². The lowest BCUT2D eigenvalue weighted by Gasteiger charge is -2.06. The van der Waals surface area contributed by atoms with E-state index in [0.717, 1.165) is 38.6 Å². The lowest BCUT2D eigenvalue weighted by Crippen LogP contribution is -2.12. The summed E-state index contributed by atoms with van der Waals surface area (Å²) in [4.78, 5) is 11.6. The fraction of sp³-hybridized carbons (Fsp3) is 0.933. The fourth-order valence-electron chi connectivity index (χ4n) is 2.05. The smallest absolute Gasteiger partial charge is 0.135 e. The van der Waals surface area contributed by atoms with Crippen molar-refractivity contribution >= 4 is 5.78 Å². The van der Waals surface area contributed by atoms with Crippen molar-refractivity contribution in [3.63, 3.8) is 0 Å². The molecule has 0 unspecified atom stereocenters. The average molecular weight is 245 g/mol. The lowest BCUT2D eigenvalue weighted by molar-refractivity contribution is -0.122. The van der Waals surface area contributed by atoms with Crippen molar-refractivity contribution in [1.82, 2.24) is 5.32 Å². The van der Waals surface area contributed by atoms with Crippen molar-refractivity contribution in [1.29, 1.82) is 0 Å². The molecule has 0 amide bonds. The summed E-state index contributed by atoms with van der Waals surface area (Å²) in [5.41, 5.74) is 0. The number of carbonyl (C=O) groups excluding carboxylic acids is 1. The number of ketones is 1. The second-order valence-corrected chi connectivity index (χ2v) is 5.01. The Hall–Kier alpha value is -0.370. The monoisotopic (exact) mass is 245 g/mol. The van der Waals surface area contributed by atoms with Crippen LogP contribution in [0.4, 0.5) is 0 Å². The Labute approximate surface area is 111 Å². The number of hydrogen-bond acceptors (Lipinski definition) is 2. The standard InChI is InChI=1S/C11H21NO.C4H10.2H2/c1-12-9-5-4-8-11(13)10-6-2-3-7-10;1-3-4-2;;/h10,12H,2-9H2,1H3;3-4H2,1-2H3;2*1H. The van der Waals surface area contributed by atoms with Crippen LogP contribution in [0.1, 0.15) is 74.5 Å². The Bertz CT molecular complexity index is 181. The fourth-order valence-corrected chi connectivity index (χ4v) is 2.05. The summed E-state index contributed by atoms with van der Waals surface area (Å²) in [5.74, 6) is 0.947. The maximum Gasteiger partial charge on any atom is 0.135 e. The zero-order chi connectivity index (χ0) is 12.9. The maximum absolute atomic E-state index is 11.6. The molecule has 0 bridgehead atoms. The van der Waals surface area contributed by atoms with E-state index in [4.69, 9.17) is 0 Å². The first-order chi connectivity index (χ1) is 8.26. The van der Waals surface area contributed by atoms with Crippen LogP contribution in [-0.2, 0) is 4.79 Å². The van der Waals surface area contributed by atoms with Crippen molar-refractivity contribution in [2.75, 3.05) is 13.6 Å². The molecule has 106 valence electrons. The Morgan fingerprint density at radius 3 is 2.24 bits per heavy atom. The first kappa shape index (κ1) is 16.6. The van der Waals surface area contributed by atoms with Crippen molar-refractivity contribution in [2.45, 2.75) is 71.6 Å². The molecule has 0 aromatic heterocycles. The molecule has 0 aromatic rings. The van der Waals surface area contributed by atoms with E-state index in [2.05, 4.69) is 19.2 Å². The van der Waals surface area contributed by atoms with Crippen LogP contribution in [0, 0.1) is 5.92 Å². The molecule has 1 fully saturated rings. The van der Waals surface area contributed by atoms with Gasteiger partial charge in [0.1, 0.15) is 5.78 Å². The van der Waals surface area contributed by atoms with Crippen LogP contribution < -0.4 is 5.32 Å². The lowest BCUT2D eigenvalue weighted by atomic mass is 9.98. The topological polar surface area (TPSA) is 29.1 Å². The number of nitrogens with one attached hydrogen (secondary N) is 1. The highest BCUT2D eigenvalue weighted by Gasteiger charge is 2.21. The normalized spacial score (nSPS) is 15.5. The highest BCUT2D eigenvalue weighted by Crippen LogP contribution is 2.26. The second-order valence-electron chi connectivity index (χ2n) is 5.01. The van der Waals surface area contributed by atoms with Crippen molar-refractivity contribution < 1.29 is 7.65 Å². The molecule has 0 radical (unpaired) electrons. The van der Waals surface area contributed by atoms with E-state index in [1.165, 1.54) is 25.7 Å². The van der Waals surface area contributed by atoms with E-state index in [9.17, 15) is 4.79 Å². The number of hydrogen-bond donors (Lipinski definition) is 1. The third kappa shape index (κ3) is 9.34. The predicted octanol–water partition coefficient (Wildman–Crippen LogP) is 4.43. The number of carbonyl (C=O) groups is 1. The molecule has 2 heteroatoms. The van der Waals surface area contributed by atoms with Gasteiger partial charge in [0.05, 0.1) is 0 Å². The van der Waals surface area contributed by atoms with Crippen LogP contribution in [0.15, 0.2) is 0 Å². The molecule has 2 nitrogen and oxygen atoms in total. The van der Waals surface area contributed by atoms with Gasteiger partial charge in [-0.25, -0.2) is 0 Å². The van der Waals surface area contributed by atoms with Gasteiger partial charge in [0.25, 0.3) is 0 Å². The van der Waals surface area contributed by atoms with Crippen LogP contribution in [0.5, 0.6) is 0 Å². The molecule has 17 heavy (non-hydrogen) atoms. The Balaban J connectivity index is -0.000000379. The number of Topliss-reactive ketones (excluding diaryl/α,β-unsaturated/α-hetero) is 1. The van der Waals surface area contributed by atoms with Crippen LogP contribution in [0.25, 0.3) is 0 Å². The van der Waals surface area contributed by atoms with Crippen LogP contribution in [-0.4, -0.2) is 19.4 Å². The quantitative estimate of drug-likeness (QED) is 0.672. The minimum Gasteiger partial charge on any atom is -0.320 e. The molecule has 1 aliphatic carbocycles. The van der Waals surface area contributed by atoms with E-state index in [-0.39, 0.29) is 2.85 Å². The average Bonchev–Trinajstić information content (AvgIpc) is 2.88. The summed E-state index contributed by atoms with van der Waals surface area (Å²) in [6.45, 7) is 5.40. The third-order valence-electron chi connectivity index (χ3n) is 3.41. The van der Waals surface area contributed by atoms with E-state index in [0.29, 0.717) is 11.7 Å². The summed E-state index contributed by atoms with van der Waals surface area (Å²) < 4.78 is 0. The molecule has 0 aliphatic heterocycles. The van der Waals surface area contributed by atoms with Gasteiger partial charge in [-0.3, -0.25) is 4.79 Å². The van der Waals surface area contributed by atoms with Gasteiger partial charge in [-0.05, 0) is 39.3 Å². The minimum atomic E-state index is 0. The van der Waals surface area contributed by atoms with Gasteiger partial charge in [0.2, 0.25) is 0 Å². The van der Waals surface area contributed by atoms with Gasteiger partial charge < -0.3 is 5.32 Å². The van der Waals surface area contributed by atoms with E-state index in [1.807, 2.05) is 7.05 Å². The van der Waals surface area contributed by atoms with E-state index >= 15 is 0 Å². The third-order valence-corrected chi connectivity index (χ3v) is 3.41. The van der Waals surface area contributed by atoms with Crippen molar-refractivity contribution in [3.8, 4) is 0 Å². The first-order valence-electron chi connectivity index (χ1n) is 7.43. The summed E-state index contributed by atoms with van der Waals surface area (Å²) in [5, 5.41) is 3.10. The molecule has 0 atom stereocenters. The Morgan fingerprint density at radius 1 is 1.18 bits per heavy atom. The van der Waals surface area contributed by atoms with Gasteiger partial charge in [-0.15, -0.1) is 0 Å². The zero-order valence-corrected chi connectivity index (χ0v) is 12.1. The summed E-state index contributed by atoms with van der Waals surface area (Å²) in [6, 6.07) is 0. The highest BCUT2D eigenvalue weighted by atomic mass is 16.1. The zero-order valence-electron chi connectivity index (χ0n) is 12.1. The molecule has 1 N–H and O–H groups in total. The molecule has 1 aliphatic rings. The van der Waals surface area contributed by atoms with Gasteiger partial charge in [-0.1, -0.05) is 39.5 Å². The highest BCUT2D eigenvalue weighted by molar-refractivity contribution is 5.81. The molecule has 1 rings (SSSR count). The maximum atomic E-state index is 11.6. The Kier molecular flexibility index (Phi) is 11.8. The van der Waals surface area contributed by atoms with Gasteiger partial charge in [-0.2, -0.15) is 0 Å². The molecule has 0 aromatic carbocycles.